The van der Waals surface area contributed by atoms with Gasteiger partial charge < -0.3 is 30.9 Å². The molecule has 0 aliphatic heterocycles. The number of thiophene rings is 2. The Morgan fingerprint density at radius 2 is 0.736 bits per heavy atom. The maximum atomic E-state index is 13.4. The quantitative estimate of drug-likeness (QED) is 0.0253. The molecule has 12 nitrogen and oxygen atoms in total. The van der Waals surface area contributed by atoms with Crippen LogP contribution in [0.3, 0.4) is 0 Å². The first-order chi connectivity index (χ1) is 52.7. The Morgan fingerprint density at radius 3 is 1.02 bits per heavy atom. The van der Waals surface area contributed by atoms with Gasteiger partial charge in [-0.3, -0.25) is 19.2 Å². The number of aromatic carboxylic acids is 1. The van der Waals surface area contributed by atoms with Crippen molar-refractivity contribution in [3.05, 3.63) is 276 Å². The molecule has 2 amide bonds. The normalized spacial score (nSPS) is 8.31. The molecule has 0 unspecified atom stereocenters. The van der Waals surface area contributed by atoms with Crippen LogP contribution in [0.1, 0.15) is 213 Å². The molecule has 13 rings (SSSR count). The molecule has 4 heterocycles. The standard InChI is InChI=1S/C26H19NO4S2.C25H17NO4S2.C7H8S.C7H8.C6H6S.C2H5NS.5C2H6.2CH3Cl.CH4S.CH2S.10CH4.K.H2O/c1-14-17-10-8-15(26(30)31-3)12-22(17)33-24(14)25(29)27(2)16-9-11-21-19(13-16)23(28)18-6-4-5-7-20(18)32-21;1-13-16-9-7-14(25(29)30)11-21(16)32-23(13)24(28)26(2)15-8-10-20-18(12-15)22(27)17-5-3-4-6-19(17)31-20;8-6-7-4-2-1-3-5-7;1-7-5-3-2-4-6-7;7-6-4-2-1-3-5-6;1-2(3)4;9*1-2;;;;;;;;;;;;/h4-13H,1-3H3;3-12H,1-2H3,(H,29,30);1-5,8H,6H2;2-6H,1H3;1-5,7H;1H3,(H2,3,4);5*1-2H3;2*1H3;2H,1H3;1H2;10*1H4;;1H2/q;;;;;;;;;;;;;;;;;;;;;;;;;+1;/p-1. The van der Waals surface area contributed by atoms with Crippen molar-refractivity contribution in [1.29, 1.82) is 0 Å². The fraction of sp³-hybridized carbons (Fsp3) is 0.320. The summed E-state index contributed by atoms with van der Waals surface area (Å²) in [5, 5.41) is 13.6. The van der Waals surface area contributed by atoms with E-state index in [9.17, 15) is 33.9 Å². The molecule has 0 saturated carbocycles. The van der Waals surface area contributed by atoms with Gasteiger partial charge in [-0.25, -0.2) is 9.59 Å². The molecule has 24 heteroatoms. The topological polar surface area (TPSA) is 194 Å². The SMILES string of the molecule is C.C.C.C.C.C.C.C.C.C.C=S.CC.CC.CC.CC.CC.CC(N)=S.CCl.CCl.COC(=O)c1ccc2c(C)c(C(=O)N(C)c3ccc4sc5ccccc5c(=O)c4c3)sc2c1.CS.Cc1c(C(=O)N(C)c2ccc3sc4ccccc4c(=O)c3c2)sc2cc(C(=O)O)ccc12.Cc1ccccc1.SCc1ccccc1.Sc1ccccc1.[K+].[OH-]. The summed E-state index contributed by atoms with van der Waals surface area (Å²) >= 11 is 34.9. The summed E-state index contributed by atoms with van der Waals surface area (Å²) < 4.78 is 10.0. The molecule has 4 N–H and O–H groups in total. The molecule has 0 saturated heterocycles. The Morgan fingerprint density at radius 1 is 0.446 bits per heavy atom. The number of alkyl halides is 2. The van der Waals surface area contributed by atoms with Crippen molar-refractivity contribution in [2.45, 2.75) is 182 Å². The first kappa shape index (κ1) is 146. The van der Waals surface area contributed by atoms with Gasteiger partial charge in [-0.15, -0.1) is 81.2 Å². The average Bonchev–Trinajstić information content (AvgIpc) is 1.76. The third-order valence-electron chi connectivity index (χ3n) is 14.2. The Labute approximate surface area is 827 Å². The van der Waals surface area contributed by atoms with Crippen LogP contribution in [0.15, 0.2) is 227 Å². The molecule has 0 spiro atoms. The van der Waals surface area contributed by atoms with Crippen LogP contribution in [0.25, 0.3) is 60.5 Å². The summed E-state index contributed by atoms with van der Waals surface area (Å²) in [5.41, 5.74) is 11.0. The summed E-state index contributed by atoms with van der Waals surface area (Å²) in [5.74, 6) is 1.90. The number of anilines is 2. The molecular formula is C97H146Cl2KN3O9S9. The minimum atomic E-state index is -0.999. The number of carbonyl (C=O) groups excluding carboxylic acids is 3. The van der Waals surface area contributed by atoms with Gasteiger partial charge in [-0.05, 0) is 164 Å². The van der Waals surface area contributed by atoms with E-state index in [1.165, 1.54) is 58.6 Å². The number of amides is 2. The number of aryl methyl sites for hydroxylation is 3. The van der Waals surface area contributed by atoms with Gasteiger partial charge in [0.25, 0.3) is 11.8 Å². The van der Waals surface area contributed by atoms with Gasteiger partial charge in [0, 0.05) is 98.6 Å². The Bertz CT molecular complexity index is 4930. The molecule has 0 bridgehead atoms. The van der Waals surface area contributed by atoms with Gasteiger partial charge in [0.05, 0.1) is 33.0 Å². The summed E-state index contributed by atoms with van der Waals surface area (Å²) in [7, 11) is 4.74. The summed E-state index contributed by atoms with van der Waals surface area (Å²) in [4.78, 5) is 81.7. The molecule has 0 aliphatic rings. The number of carboxylic acid groups (broad SMARTS) is 1. The van der Waals surface area contributed by atoms with E-state index < -0.39 is 11.9 Å². The van der Waals surface area contributed by atoms with Crippen molar-refractivity contribution in [2.24, 2.45) is 5.73 Å². The van der Waals surface area contributed by atoms with E-state index >= 15 is 0 Å². The molecule has 9 aromatic carbocycles. The van der Waals surface area contributed by atoms with Gasteiger partial charge in [0.1, 0.15) is 0 Å². The van der Waals surface area contributed by atoms with Crippen molar-refractivity contribution in [2.75, 3.05) is 50.0 Å². The number of halogens is 2. The van der Waals surface area contributed by atoms with E-state index in [2.05, 4.69) is 123 Å². The van der Waals surface area contributed by atoms with E-state index in [0.29, 0.717) is 53.2 Å². The van der Waals surface area contributed by atoms with Gasteiger partial charge in [0.2, 0.25) is 0 Å². The van der Waals surface area contributed by atoms with Gasteiger partial charge in [-0.1, -0.05) is 289 Å². The molecule has 672 valence electrons. The monoisotopic (exact) mass is 1890 g/mol. The number of esters is 1. The molecular weight excluding hydrogens is 1750 g/mol. The maximum absolute atomic E-state index is 13.4. The van der Waals surface area contributed by atoms with E-state index in [0.717, 1.165) is 60.7 Å². The molecule has 0 fully saturated rings. The number of nitrogens with two attached hydrogens (primary N) is 1. The van der Waals surface area contributed by atoms with Crippen molar-refractivity contribution in [3.8, 4) is 0 Å². The van der Waals surface area contributed by atoms with Gasteiger partial charge in [0.15, 0.2) is 10.9 Å². The zero-order valence-corrected chi connectivity index (χ0v) is 79.6. The van der Waals surface area contributed by atoms with E-state index in [4.69, 9.17) is 10.5 Å². The number of fused-ring (bicyclic) bond motifs is 6. The number of nitrogens with zero attached hydrogens (tertiary/aromatic N) is 2. The second-order valence-corrected chi connectivity index (χ2v) is 26.3. The smallest absolute Gasteiger partial charge is 0.870 e. The van der Waals surface area contributed by atoms with Crippen molar-refractivity contribution < 1.29 is 85.9 Å². The van der Waals surface area contributed by atoms with Crippen LogP contribution in [0.2, 0.25) is 0 Å². The molecule has 0 atom stereocenters. The number of ether oxygens (including phenoxy) is 1. The fourth-order valence-corrected chi connectivity index (χ4v) is 14.3. The summed E-state index contributed by atoms with van der Waals surface area (Å²) in [6, 6.07) is 66.5. The van der Waals surface area contributed by atoms with Crippen LogP contribution >= 0.6 is 131 Å². The predicted molar refractivity (Wildman–Crippen MR) is 574 cm³/mol. The first-order valence-electron chi connectivity index (χ1n) is 34.7. The third-order valence-corrected chi connectivity index (χ3v) is 19.6. The average molecular weight is 1900 g/mol. The van der Waals surface area contributed by atoms with E-state index in [-0.39, 0.29) is 159 Å². The van der Waals surface area contributed by atoms with Crippen molar-refractivity contribution in [1.82, 2.24) is 0 Å². The summed E-state index contributed by atoms with van der Waals surface area (Å²) in [6.07, 6.45) is 4.64. The zero-order chi connectivity index (χ0) is 83.5. The van der Waals surface area contributed by atoms with Crippen LogP contribution < -0.4 is 77.8 Å². The minimum absolute atomic E-state index is 0. The van der Waals surface area contributed by atoms with Crippen LogP contribution in [0.5, 0.6) is 0 Å². The minimum Gasteiger partial charge on any atom is -0.870 e. The van der Waals surface area contributed by atoms with Gasteiger partial charge >= 0.3 is 63.3 Å². The molecule has 0 aliphatic carbocycles. The zero-order valence-electron chi connectivity index (χ0n) is 67.4. The number of carboxylic acids is 1. The third kappa shape index (κ3) is 46.0. The number of benzene rings is 9. The Hall–Kier alpha value is -6.23. The van der Waals surface area contributed by atoms with Crippen LogP contribution in [0, 0.1) is 20.8 Å². The number of thiocarbonyl (C=S) groups is 2. The predicted octanol–water partition coefficient (Wildman–Crippen LogP) is 29.5. The largest absolute Gasteiger partial charge is 1.00 e. The Balaban J connectivity index is -0.0000000999. The first-order valence-corrected chi connectivity index (χ1v) is 42.4. The number of methoxy groups -OCH3 is 1. The number of hydrogen-bond donors (Lipinski definition) is 5. The van der Waals surface area contributed by atoms with E-state index in [1.54, 1.807) is 97.3 Å². The second kappa shape index (κ2) is 84.6. The molecule has 4 aromatic heterocycles. The fourth-order valence-electron chi connectivity index (χ4n) is 9.32. The molecule has 0 radical (unpaired) electrons. The maximum Gasteiger partial charge on any atom is 1.00 e. The van der Waals surface area contributed by atoms with Crippen LogP contribution in [-0.2, 0) is 10.5 Å². The number of carbonyl (C=O) groups is 4. The second-order valence-electron chi connectivity index (χ2n) is 20.5. The number of hydrogen-bond acceptors (Lipinski definition) is 17. The Kier molecular flexibility index (Phi) is 102. The van der Waals surface area contributed by atoms with Crippen molar-refractivity contribution >= 4 is 237 Å². The summed E-state index contributed by atoms with van der Waals surface area (Å²) in [6.45, 7) is 27.5. The van der Waals surface area contributed by atoms with Crippen LogP contribution in [0.4, 0.5) is 11.4 Å². The number of rotatable bonds is 7. The molecule has 121 heavy (non-hydrogen) atoms. The van der Waals surface area contributed by atoms with Crippen molar-refractivity contribution in [3.63, 3.8) is 0 Å². The number of thiol groups is 3. The van der Waals surface area contributed by atoms with Crippen LogP contribution in [-0.4, -0.2) is 85.4 Å². The molecule has 13 aromatic rings. The van der Waals surface area contributed by atoms with Gasteiger partial charge in [-0.2, -0.15) is 25.3 Å². The van der Waals surface area contributed by atoms with E-state index in [1.807, 2.05) is 229 Å².